The molecule has 5 rings (SSSR count). The summed E-state index contributed by atoms with van der Waals surface area (Å²) in [7, 11) is 0. The third kappa shape index (κ3) is 2.70. The highest BCUT2D eigenvalue weighted by Gasteiger charge is 2.60. The average molecular weight is 437 g/mol. The minimum atomic E-state index is -0.273. The molecule has 0 bridgehead atoms. The van der Waals surface area contributed by atoms with Gasteiger partial charge in [0.05, 0.1) is 13.2 Å². The summed E-state index contributed by atoms with van der Waals surface area (Å²) < 4.78 is 12.2. The second-order valence-electron chi connectivity index (χ2n) is 10.9. The van der Waals surface area contributed by atoms with Crippen molar-refractivity contribution in [1.29, 1.82) is 0 Å². The number of fused-ring (bicyclic) bond motifs is 5. The fourth-order valence-electron chi connectivity index (χ4n) is 8.43. The first-order chi connectivity index (χ1) is 12.9. The van der Waals surface area contributed by atoms with Crippen LogP contribution in [0.1, 0.15) is 72.1 Å². The zero-order valence-electron chi connectivity index (χ0n) is 17.4. The minimum Gasteiger partial charge on any atom is -0.347 e. The SMILES string of the molecule is C[C@H](CBr)[C@H]1CC[C@H]2[C@@H]3CC=C4CC5(CC[C@]4(C)[C@H]3CC[C@]12C)OCCO5. The van der Waals surface area contributed by atoms with Gasteiger partial charge in [-0.1, -0.05) is 48.4 Å². The molecule has 1 saturated heterocycles. The van der Waals surface area contributed by atoms with Gasteiger partial charge in [0.25, 0.3) is 0 Å². The summed E-state index contributed by atoms with van der Waals surface area (Å²) in [4.78, 5) is 0. The molecule has 0 amide bonds. The average Bonchev–Trinajstić information content (AvgIpc) is 3.26. The number of halogens is 1. The fourth-order valence-corrected chi connectivity index (χ4v) is 8.88. The van der Waals surface area contributed by atoms with Crippen molar-refractivity contribution in [1.82, 2.24) is 0 Å². The summed E-state index contributed by atoms with van der Waals surface area (Å²) in [6, 6.07) is 0. The van der Waals surface area contributed by atoms with E-state index in [0.29, 0.717) is 10.8 Å². The molecule has 1 aliphatic heterocycles. The van der Waals surface area contributed by atoms with E-state index in [9.17, 15) is 0 Å². The van der Waals surface area contributed by atoms with Gasteiger partial charge in [-0.05, 0) is 78.9 Å². The van der Waals surface area contributed by atoms with Crippen molar-refractivity contribution in [3.05, 3.63) is 11.6 Å². The Kier molecular flexibility index (Phi) is 4.65. The summed E-state index contributed by atoms with van der Waals surface area (Å²) in [6.07, 6.45) is 13.1. The van der Waals surface area contributed by atoms with Crippen molar-refractivity contribution < 1.29 is 9.47 Å². The molecule has 3 saturated carbocycles. The Bertz CT molecular complexity index is 624. The zero-order chi connectivity index (χ0) is 18.9. The van der Waals surface area contributed by atoms with E-state index in [1.807, 2.05) is 0 Å². The zero-order valence-corrected chi connectivity index (χ0v) is 19.0. The van der Waals surface area contributed by atoms with Crippen LogP contribution in [0.3, 0.4) is 0 Å². The molecule has 0 aromatic rings. The van der Waals surface area contributed by atoms with Gasteiger partial charge in [-0.15, -0.1) is 0 Å². The molecule has 4 fully saturated rings. The van der Waals surface area contributed by atoms with Crippen molar-refractivity contribution in [3.63, 3.8) is 0 Å². The first-order valence-electron chi connectivity index (χ1n) is 11.5. The van der Waals surface area contributed by atoms with Gasteiger partial charge in [-0.25, -0.2) is 0 Å². The molecular weight excluding hydrogens is 400 g/mol. The van der Waals surface area contributed by atoms with Crippen LogP contribution in [-0.4, -0.2) is 24.3 Å². The monoisotopic (exact) mass is 436 g/mol. The third-order valence-electron chi connectivity index (χ3n) is 9.93. The topological polar surface area (TPSA) is 18.5 Å². The Balaban J connectivity index is 1.42. The molecule has 7 atom stereocenters. The standard InChI is InChI=1S/C24H37BrO2/c1-16(15-25)19-6-7-20-18-5-4-17-14-24(26-12-13-27-24)11-10-22(17,2)21(18)8-9-23(19,20)3/h4,16,18-21H,5-15H2,1-3H3/t16-,18+,19-,20+,21+,22+,23-/m1/s1. The first kappa shape index (κ1) is 19.1. The number of hydrogen-bond acceptors (Lipinski definition) is 2. The van der Waals surface area contributed by atoms with E-state index < -0.39 is 0 Å². The summed E-state index contributed by atoms with van der Waals surface area (Å²) >= 11 is 3.78. The predicted molar refractivity (Wildman–Crippen MR) is 113 cm³/mol. The Hall–Kier alpha value is 0.140. The fraction of sp³-hybridized carbons (Fsp3) is 0.917. The molecular formula is C24H37BrO2. The third-order valence-corrected chi connectivity index (χ3v) is 10.9. The van der Waals surface area contributed by atoms with E-state index >= 15 is 0 Å². The summed E-state index contributed by atoms with van der Waals surface area (Å²) in [6.45, 7) is 9.28. The highest BCUT2D eigenvalue weighted by atomic mass is 79.9. The van der Waals surface area contributed by atoms with Gasteiger partial charge in [0, 0.05) is 18.2 Å². The smallest absolute Gasteiger partial charge is 0.172 e. The van der Waals surface area contributed by atoms with Crippen molar-refractivity contribution in [3.8, 4) is 0 Å². The Morgan fingerprint density at radius 3 is 2.59 bits per heavy atom. The van der Waals surface area contributed by atoms with Gasteiger partial charge in [-0.2, -0.15) is 0 Å². The molecule has 0 N–H and O–H groups in total. The van der Waals surface area contributed by atoms with Crippen LogP contribution in [0.4, 0.5) is 0 Å². The van der Waals surface area contributed by atoms with Crippen molar-refractivity contribution in [2.45, 2.75) is 77.9 Å². The van der Waals surface area contributed by atoms with Gasteiger partial charge >= 0.3 is 0 Å². The molecule has 0 unspecified atom stereocenters. The highest BCUT2D eigenvalue weighted by molar-refractivity contribution is 9.09. The van der Waals surface area contributed by atoms with Crippen LogP contribution in [0, 0.1) is 40.4 Å². The molecule has 2 nitrogen and oxygen atoms in total. The lowest BCUT2D eigenvalue weighted by molar-refractivity contribution is -0.185. The van der Waals surface area contributed by atoms with Crippen LogP contribution >= 0.6 is 15.9 Å². The molecule has 27 heavy (non-hydrogen) atoms. The van der Waals surface area contributed by atoms with E-state index in [1.54, 1.807) is 5.57 Å². The van der Waals surface area contributed by atoms with E-state index in [2.05, 4.69) is 42.8 Å². The summed E-state index contributed by atoms with van der Waals surface area (Å²) in [5, 5.41) is 1.16. The molecule has 1 spiro atoms. The van der Waals surface area contributed by atoms with Gasteiger partial charge < -0.3 is 9.47 Å². The van der Waals surface area contributed by atoms with E-state index in [1.165, 1.54) is 38.5 Å². The van der Waals surface area contributed by atoms with Crippen molar-refractivity contribution in [2.24, 2.45) is 40.4 Å². The van der Waals surface area contributed by atoms with Crippen LogP contribution < -0.4 is 0 Å². The van der Waals surface area contributed by atoms with Gasteiger partial charge in [0.2, 0.25) is 0 Å². The van der Waals surface area contributed by atoms with Crippen LogP contribution in [0.2, 0.25) is 0 Å². The molecule has 0 radical (unpaired) electrons. The van der Waals surface area contributed by atoms with Crippen LogP contribution in [0.15, 0.2) is 11.6 Å². The van der Waals surface area contributed by atoms with Gasteiger partial charge in [-0.3, -0.25) is 0 Å². The first-order valence-corrected chi connectivity index (χ1v) is 12.6. The van der Waals surface area contributed by atoms with Gasteiger partial charge in [0.1, 0.15) is 0 Å². The molecule has 1 heterocycles. The number of hydrogen-bond donors (Lipinski definition) is 0. The molecule has 4 aliphatic carbocycles. The Morgan fingerprint density at radius 2 is 1.85 bits per heavy atom. The molecule has 0 aromatic carbocycles. The molecule has 0 aromatic heterocycles. The maximum absolute atomic E-state index is 6.08. The van der Waals surface area contributed by atoms with Crippen LogP contribution in [0.25, 0.3) is 0 Å². The molecule has 3 heteroatoms. The quantitative estimate of drug-likeness (QED) is 0.371. The maximum atomic E-state index is 6.08. The molecule has 152 valence electrons. The lowest BCUT2D eigenvalue weighted by Gasteiger charge is -2.59. The van der Waals surface area contributed by atoms with E-state index in [0.717, 1.165) is 61.0 Å². The Labute approximate surface area is 174 Å². The maximum Gasteiger partial charge on any atom is 0.172 e. The highest BCUT2D eigenvalue weighted by Crippen LogP contribution is 2.67. The minimum absolute atomic E-state index is 0.273. The summed E-state index contributed by atoms with van der Waals surface area (Å²) in [5.41, 5.74) is 2.64. The number of alkyl halides is 1. The van der Waals surface area contributed by atoms with E-state index in [4.69, 9.17) is 9.47 Å². The van der Waals surface area contributed by atoms with Gasteiger partial charge in [0.15, 0.2) is 5.79 Å². The normalized spacial score (nSPS) is 49.3. The van der Waals surface area contributed by atoms with Crippen molar-refractivity contribution >= 4 is 15.9 Å². The largest absolute Gasteiger partial charge is 0.347 e. The second kappa shape index (κ2) is 6.57. The lowest BCUT2D eigenvalue weighted by Crippen LogP contribution is -2.52. The van der Waals surface area contributed by atoms with E-state index in [-0.39, 0.29) is 5.79 Å². The Morgan fingerprint density at radius 1 is 1.07 bits per heavy atom. The number of rotatable bonds is 2. The van der Waals surface area contributed by atoms with Crippen LogP contribution in [0.5, 0.6) is 0 Å². The lowest BCUT2D eigenvalue weighted by atomic mass is 9.47. The van der Waals surface area contributed by atoms with Crippen LogP contribution in [-0.2, 0) is 9.47 Å². The molecule has 5 aliphatic rings. The number of ether oxygens (including phenoxy) is 2. The van der Waals surface area contributed by atoms with Crippen molar-refractivity contribution in [2.75, 3.05) is 18.5 Å². The summed E-state index contributed by atoms with van der Waals surface area (Å²) in [5.74, 6) is 4.18. The predicted octanol–water partition coefficient (Wildman–Crippen LogP) is 6.34. The number of allylic oxidation sites excluding steroid dienone is 1. The second-order valence-corrected chi connectivity index (χ2v) is 11.6.